The number of nitrogens with zero attached hydrogens (tertiary/aromatic N) is 2. The molecular formula is C18H25Cl2N3O2S. The highest BCUT2D eigenvalue weighted by atomic mass is 35.5. The van der Waals surface area contributed by atoms with Crippen molar-refractivity contribution in [1.29, 1.82) is 0 Å². The fourth-order valence-electron chi connectivity index (χ4n) is 2.86. The molecule has 1 fully saturated rings. The first-order valence-corrected chi connectivity index (χ1v) is 9.11. The third-order valence-electron chi connectivity index (χ3n) is 4.43. The van der Waals surface area contributed by atoms with Crippen LogP contribution in [-0.4, -0.2) is 41.0 Å². The fraction of sp³-hybridized carbons (Fsp3) is 0.444. The van der Waals surface area contributed by atoms with Gasteiger partial charge in [-0.05, 0) is 39.0 Å². The monoisotopic (exact) mass is 417 g/mol. The summed E-state index contributed by atoms with van der Waals surface area (Å²) < 4.78 is 5.79. The van der Waals surface area contributed by atoms with Gasteiger partial charge >= 0.3 is 0 Å². The highest BCUT2D eigenvalue weighted by molar-refractivity contribution is 7.09. The Morgan fingerprint density at radius 1 is 1.38 bits per heavy atom. The van der Waals surface area contributed by atoms with Crippen LogP contribution >= 0.6 is 36.2 Å². The van der Waals surface area contributed by atoms with Gasteiger partial charge in [-0.2, -0.15) is 0 Å². The van der Waals surface area contributed by atoms with Crippen molar-refractivity contribution in [2.75, 3.05) is 13.1 Å². The van der Waals surface area contributed by atoms with Gasteiger partial charge in [0.25, 0.3) is 5.91 Å². The predicted molar refractivity (Wildman–Crippen MR) is 110 cm³/mol. The van der Waals surface area contributed by atoms with Crippen molar-refractivity contribution >= 4 is 42.1 Å². The van der Waals surface area contributed by atoms with Crippen molar-refractivity contribution < 1.29 is 9.53 Å². The van der Waals surface area contributed by atoms with E-state index < -0.39 is 0 Å². The van der Waals surface area contributed by atoms with Gasteiger partial charge in [0.2, 0.25) is 0 Å². The van der Waals surface area contributed by atoms with Crippen molar-refractivity contribution in [3.05, 3.63) is 45.9 Å². The second-order valence-electron chi connectivity index (χ2n) is 6.16. The Labute approximate surface area is 171 Å². The van der Waals surface area contributed by atoms with Crippen LogP contribution in [0.1, 0.15) is 34.9 Å². The molecule has 0 saturated carbocycles. The second-order valence-corrected chi connectivity index (χ2v) is 7.22. The Kier molecular flexibility index (Phi) is 8.83. The van der Waals surface area contributed by atoms with Crippen molar-refractivity contribution in [2.45, 2.75) is 39.5 Å². The van der Waals surface area contributed by atoms with Crippen LogP contribution in [-0.2, 0) is 6.61 Å². The zero-order valence-corrected chi connectivity index (χ0v) is 17.5. The molecule has 0 bridgehead atoms. The zero-order chi connectivity index (χ0) is 17.1. The average molecular weight is 418 g/mol. The number of halogens is 2. The molecular weight excluding hydrogens is 393 g/mol. The van der Waals surface area contributed by atoms with Crippen LogP contribution in [0, 0.1) is 6.92 Å². The normalized spacial score (nSPS) is 19.3. The largest absolute Gasteiger partial charge is 0.487 e. The Bertz CT molecular complexity index is 726. The molecule has 1 amide bonds. The Morgan fingerprint density at radius 2 is 2.15 bits per heavy atom. The van der Waals surface area contributed by atoms with E-state index in [1.165, 1.54) is 0 Å². The van der Waals surface area contributed by atoms with Crippen LogP contribution in [0.5, 0.6) is 5.75 Å². The van der Waals surface area contributed by atoms with Gasteiger partial charge in [-0.25, -0.2) is 4.98 Å². The number of hydrogen-bond donors (Lipinski definition) is 1. The van der Waals surface area contributed by atoms with Gasteiger partial charge in [0.1, 0.15) is 12.4 Å². The molecule has 1 N–H and O–H groups in total. The number of thiazole rings is 1. The number of rotatable bonds is 4. The maximum Gasteiger partial charge on any atom is 0.254 e. The molecule has 26 heavy (non-hydrogen) atoms. The number of aryl methyl sites for hydroxylation is 1. The van der Waals surface area contributed by atoms with Crippen molar-refractivity contribution in [3.8, 4) is 5.75 Å². The molecule has 5 nitrogen and oxygen atoms in total. The summed E-state index contributed by atoms with van der Waals surface area (Å²) in [6, 6.07) is 7.89. The maximum atomic E-state index is 12.8. The summed E-state index contributed by atoms with van der Waals surface area (Å²) in [5.41, 5.74) is 1.58. The van der Waals surface area contributed by atoms with E-state index >= 15 is 0 Å². The lowest BCUT2D eigenvalue weighted by molar-refractivity contribution is 0.0602. The van der Waals surface area contributed by atoms with E-state index in [1.807, 2.05) is 41.5 Å². The van der Waals surface area contributed by atoms with Gasteiger partial charge in [-0.15, -0.1) is 36.2 Å². The molecule has 2 unspecified atom stereocenters. The maximum absolute atomic E-state index is 12.8. The summed E-state index contributed by atoms with van der Waals surface area (Å²) in [6.07, 6.45) is 0. The van der Waals surface area contributed by atoms with Gasteiger partial charge in [0.15, 0.2) is 0 Å². The first kappa shape index (κ1) is 22.7. The molecule has 1 saturated heterocycles. The van der Waals surface area contributed by atoms with Crippen LogP contribution in [0.4, 0.5) is 0 Å². The molecule has 0 spiro atoms. The van der Waals surface area contributed by atoms with Crippen molar-refractivity contribution in [3.63, 3.8) is 0 Å². The van der Waals surface area contributed by atoms with E-state index in [9.17, 15) is 4.79 Å². The van der Waals surface area contributed by atoms with E-state index in [0.29, 0.717) is 24.0 Å². The summed E-state index contributed by atoms with van der Waals surface area (Å²) in [5.74, 6) is 0.758. The van der Waals surface area contributed by atoms with Gasteiger partial charge in [0, 0.05) is 36.1 Å². The number of carbonyl (C=O) groups excluding carboxylic acids is 1. The van der Waals surface area contributed by atoms with E-state index in [-0.39, 0.29) is 36.8 Å². The minimum absolute atomic E-state index is 0. The number of piperazine rings is 1. The van der Waals surface area contributed by atoms with Crippen LogP contribution in [0.2, 0.25) is 0 Å². The number of amides is 1. The lowest BCUT2D eigenvalue weighted by Crippen LogP contribution is -2.57. The molecule has 3 rings (SSSR count). The number of nitrogens with one attached hydrogen (secondary N) is 1. The first-order chi connectivity index (χ1) is 11.5. The Morgan fingerprint density at radius 3 is 2.85 bits per heavy atom. The molecule has 2 heterocycles. The minimum Gasteiger partial charge on any atom is -0.487 e. The van der Waals surface area contributed by atoms with E-state index in [0.717, 1.165) is 23.8 Å². The van der Waals surface area contributed by atoms with E-state index in [1.54, 1.807) is 11.3 Å². The molecule has 1 aromatic carbocycles. The summed E-state index contributed by atoms with van der Waals surface area (Å²) in [6.45, 7) is 8.15. The average Bonchev–Trinajstić information content (AvgIpc) is 3.01. The quantitative estimate of drug-likeness (QED) is 0.823. The van der Waals surface area contributed by atoms with Gasteiger partial charge in [0.05, 0.1) is 10.7 Å². The third-order valence-corrected chi connectivity index (χ3v) is 5.25. The number of carbonyl (C=O) groups is 1. The van der Waals surface area contributed by atoms with Crippen LogP contribution < -0.4 is 10.1 Å². The molecule has 1 aromatic heterocycles. The van der Waals surface area contributed by atoms with Gasteiger partial charge < -0.3 is 15.0 Å². The smallest absolute Gasteiger partial charge is 0.254 e. The molecule has 0 radical (unpaired) electrons. The van der Waals surface area contributed by atoms with Gasteiger partial charge in [-0.1, -0.05) is 6.07 Å². The topological polar surface area (TPSA) is 54.5 Å². The summed E-state index contributed by atoms with van der Waals surface area (Å²) in [4.78, 5) is 19.1. The fourth-order valence-corrected chi connectivity index (χ4v) is 3.46. The molecule has 8 heteroatoms. The highest BCUT2D eigenvalue weighted by Gasteiger charge is 2.28. The number of aromatic nitrogens is 1. The predicted octanol–water partition coefficient (Wildman–Crippen LogP) is 3.70. The molecule has 0 aliphatic carbocycles. The van der Waals surface area contributed by atoms with Crippen LogP contribution in [0.15, 0.2) is 29.6 Å². The molecule has 1 aliphatic rings. The van der Waals surface area contributed by atoms with E-state index in [2.05, 4.69) is 24.1 Å². The number of benzene rings is 1. The van der Waals surface area contributed by atoms with Crippen molar-refractivity contribution in [2.24, 2.45) is 0 Å². The summed E-state index contributed by atoms with van der Waals surface area (Å²) in [5, 5.41) is 6.42. The van der Waals surface area contributed by atoms with E-state index in [4.69, 9.17) is 4.74 Å². The first-order valence-electron chi connectivity index (χ1n) is 8.23. The molecule has 2 aromatic rings. The zero-order valence-electron chi connectivity index (χ0n) is 15.1. The second kappa shape index (κ2) is 10.1. The number of hydrogen-bond acceptors (Lipinski definition) is 5. The Balaban J connectivity index is 0.00000169. The third kappa shape index (κ3) is 5.33. The summed E-state index contributed by atoms with van der Waals surface area (Å²) in [7, 11) is 0. The lowest BCUT2D eigenvalue weighted by atomic mass is 10.1. The van der Waals surface area contributed by atoms with Crippen molar-refractivity contribution in [1.82, 2.24) is 15.2 Å². The SMILES string of the molecule is Cc1nc(COc2cccc(C(=O)N3CCNC(C)C3C)c2)cs1.Cl.Cl. The lowest BCUT2D eigenvalue weighted by Gasteiger charge is -2.38. The molecule has 1 aliphatic heterocycles. The van der Waals surface area contributed by atoms with Gasteiger partial charge in [-0.3, -0.25) is 4.79 Å². The standard InChI is InChI=1S/C18H23N3O2S.2ClH/c1-12-13(2)21(8-7-19-12)18(22)15-5-4-6-17(9-15)23-10-16-11-24-14(3)20-16;;/h4-6,9,11-13,19H,7-8,10H2,1-3H3;2*1H. The molecule has 144 valence electrons. The summed E-state index contributed by atoms with van der Waals surface area (Å²) >= 11 is 1.61. The van der Waals surface area contributed by atoms with Crippen LogP contribution in [0.25, 0.3) is 0 Å². The van der Waals surface area contributed by atoms with Crippen LogP contribution in [0.3, 0.4) is 0 Å². The highest BCUT2D eigenvalue weighted by Crippen LogP contribution is 2.19. The number of ether oxygens (including phenoxy) is 1. The Hall–Kier alpha value is -1.34. The minimum atomic E-state index is 0. The molecule has 2 atom stereocenters.